The summed E-state index contributed by atoms with van der Waals surface area (Å²) in [4.78, 5) is 0. The molecule has 0 aliphatic rings. The first-order chi connectivity index (χ1) is 10.2. The number of nitrogens with zero attached hydrogens (tertiary/aromatic N) is 1. The maximum Gasteiger partial charge on any atom is 0.128 e. The second kappa shape index (κ2) is 7.55. The van der Waals surface area contributed by atoms with Gasteiger partial charge in [-0.25, -0.2) is 0 Å². The van der Waals surface area contributed by atoms with Crippen LogP contribution in [0.15, 0.2) is 47.6 Å². The Morgan fingerprint density at radius 2 is 1.81 bits per heavy atom. The molecule has 0 aliphatic carbocycles. The number of aryl methyl sites for hydroxylation is 1. The number of halogens is 1. The lowest BCUT2D eigenvalue weighted by atomic mass is 10.2. The Morgan fingerprint density at radius 3 is 2.52 bits per heavy atom. The van der Waals surface area contributed by atoms with E-state index in [1.807, 2.05) is 31.2 Å². The third-order valence-electron chi connectivity index (χ3n) is 2.86. The molecule has 2 rings (SSSR count). The van der Waals surface area contributed by atoms with E-state index in [1.54, 1.807) is 18.2 Å². The zero-order chi connectivity index (χ0) is 15.1. The molecular formula is C16H16ClNO3. The van der Waals surface area contributed by atoms with E-state index in [1.165, 1.54) is 6.21 Å². The molecule has 0 amide bonds. The average Bonchev–Trinajstić information content (AvgIpc) is 2.47. The number of hydrogen-bond acceptors (Lipinski definition) is 4. The molecule has 5 heteroatoms. The van der Waals surface area contributed by atoms with Gasteiger partial charge in [-0.2, -0.15) is 0 Å². The number of rotatable bonds is 6. The second-order valence-electron chi connectivity index (χ2n) is 4.39. The molecule has 2 aromatic rings. The Hall–Kier alpha value is -2.20. The molecule has 0 bridgehead atoms. The summed E-state index contributed by atoms with van der Waals surface area (Å²) in [5, 5.41) is 12.2. The highest BCUT2D eigenvalue weighted by Crippen LogP contribution is 2.21. The van der Waals surface area contributed by atoms with Crippen LogP contribution in [0.1, 0.15) is 11.1 Å². The summed E-state index contributed by atoms with van der Waals surface area (Å²) < 4.78 is 11.3. The van der Waals surface area contributed by atoms with Gasteiger partial charge in [0.2, 0.25) is 0 Å². The largest absolute Gasteiger partial charge is 0.490 e. The topological polar surface area (TPSA) is 51.0 Å². The zero-order valence-corrected chi connectivity index (χ0v) is 12.4. The summed E-state index contributed by atoms with van der Waals surface area (Å²) in [7, 11) is 0. The molecule has 0 atom stereocenters. The molecule has 1 N–H and O–H groups in total. The van der Waals surface area contributed by atoms with Crippen molar-refractivity contribution >= 4 is 17.8 Å². The summed E-state index contributed by atoms with van der Waals surface area (Å²) >= 11 is 5.89. The first-order valence-electron chi connectivity index (χ1n) is 6.49. The van der Waals surface area contributed by atoms with E-state index in [9.17, 15) is 0 Å². The van der Waals surface area contributed by atoms with Crippen molar-refractivity contribution in [2.75, 3.05) is 13.2 Å². The van der Waals surface area contributed by atoms with Gasteiger partial charge < -0.3 is 14.7 Å². The molecule has 0 saturated carbocycles. The standard InChI is InChI=1S/C16H16ClNO3/c1-12-4-2-3-5-15(12)20-8-9-21-16-7-6-14(17)10-13(16)11-18-19/h2-7,10-11,19H,8-9H2,1H3. The lowest BCUT2D eigenvalue weighted by molar-refractivity contribution is 0.216. The predicted molar refractivity (Wildman–Crippen MR) is 83.0 cm³/mol. The number of para-hydroxylation sites is 1. The van der Waals surface area contributed by atoms with Crippen LogP contribution in [-0.2, 0) is 0 Å². The van der Waals surface area contributed by atoms with Crippen molar-refractivity contribution in [1.82, 2.24) is 0 Å². The summed E-state index contributed by atoms with van der Waals surface area (Å²) in [6.45, 7) is 2.79. The first-order valence-corrected chi connectivity index (χ1v) is 6.86. The highest BCUT2D eigenvalue weighted by molar-refractivity contribution is 6.30. The van der Waals surface area contributed by atoms with Gasteiger partial charge in [0.15, 0.2) is 0 Å². The molecular weight excluding hydrogens is 290 g/mol. The van der Waals surface area contributed by atoms with E-state index in [0.29, 0.717) is 29.5 Å². The maximum absolute atomic E-state index is 8.63. The normalized spacial score (nSPS) is 10.8. The summed E-state index contributed by atoms with van der Waals surface area (Å²) in [6.07, 6.45) is 1.28. The predicted octanol–water partition coefficient (Wildman–Crippen LogP) is 3.91. The van der Waals surface area contributed by atoms with Gasteiger partial charge in [0.05, 0.1) is 6.21 Å². The van der Waals surface area contributed by atoms with E-state index >= 15 is 0 Å². The first kappa shape index (κ1) is 15.2. The molecule has 0 saturated heterocycles. The minimum absolute atomic E-state index is 0.377. The Balaban J connectivity index is 1.90. The van der Waals surface area contributed by atoms with Crippen LogP contribution in [0.5, 0.6) is 11.5 Å². The molecule has 0 aliphatic heterocycles. The molecule has 0 fully saturated rings. The van der Waals surface area contributed by atoms with E-state index in [-0.39, 0.29) is 0 Å². The van der Waals surface area contributed by atoms with Crippen molar-refractivity contribution in [3.63, 3.8) is 0 Å². The van der Waals surface area contributed by atoms with Crippen molar-refractivity contribution in [3.05, 3.63) is 58.6 Å². The van der Waals surface area contributed by atoms with Crippen LogP contribution in [0.25, 0.3) is 0 Å². The Bertz CT molecular complexity index is 629. The van der Waals surface area contributed by atoms with Crippen LogP contribution < -0.4 is 9.47 Å². The average molecular weight is 306 g/mol. The lowest BCUT2D eigenvalue weighted by Gasteiger charge is -2.11. The fraction of sp³-hybridized carbons (Fsp3) is 0.188. The van der Waals surface area contributed by atoms with Crippen LogP contribution in [0.2, 0.25) is 5.02 Å². The van der Waals surface area contributed by atoms with Crippen molar-refractivity contribution in [2.24, 2.45) is 5.16 Å². The molecule has 0 heterocycles. The van der Waals surface area contributed by atoms with Crippen molar-refractivity contribution in [3.8, 4) is 11.5 Å². The smallest absolute Gasteiger partial charge is 0.128 e. The van der Waals surface area contributed by atoms with Gasteiger partial charge in [0, 0.05) is 10.6 Å². The Morgan fingerprint density at radius 1 is 1.10 bits per heavy atom. The SMILES string of the molecule is Cc1ccccc1OCCOc1ccc(Cl)cc1C=NO. The Kier molecular flexibility index (Phi) is 5.46. The highest BCUT2D eigenvalue weighted by Gasteiger charge is 2.04. The third kappa shape index (κ3) is 4.39. The van der Waals surface area contributed by atoms with Crippen LogP contribution in [0.3, 0.4) is 0 Å². The van der Waals surface area contributed by atoms with Gasteiger partial charge in [-0.1, -0.05) is 35.0 Å². The monoisotopic (exact) mass is 305 g/mol. The van der Waals surface area contributed by atoms with Crippen molar-refractivity contribution < 1.29 is 14.7 Å². The number of ether oxygens (including phenoxy) is 2. The number of oxime groups is 1. The summed E-state index contributed by atoms with van der Waals surface area (Å²) in [6, 6.07) is 12.9. The van der Waals surface area contributed by atoms with Crippen molar-refractivity contribution in [2.45, 2.75) is 6.92 Å². The van der Waals surface area contributed by atoms with E-state index in [4.69, 9.17) is 26.3 Å². The lowest BCUT2D eigenvalue weighted by Crippen LogP contribution is -2.10. The van der Waals surface area contributed by atoms with Crippen LogP contribution in [-0.4, -0.2) is 24.6 Å². The van der Waals surface area contributed by atoms with E-state index in [0.717, 1.165) is 11.3 Å². The maximum atomic E-state index is 8.63. The van der Waals surface area contributed by atoms with Gasteiger partial charge in [-0.3, -0.25) is 0 Å². The third-order valence-corrected chi connectivity index (χ3v) is 3.10. The van der Waals surface area contributed by atoms with Gasteiger partial charge in [-0.05, 0) is 36.8 Å². The molecule has 21 heavy (non-hydrogen) atoms. The summed E-state index contributed by atoms with van der Waals surface area (Å²) in [5.41, 5.74) is 1.69. The molecule has 110 valence electrons. The summed E-state index contributed by atoms with van der Waals surface area (Å²) in [5.74, 6) is 1.43. The molecule has 0 aromatic heterocycles. The highest BCUT2D eigenvalue weighted by atomic mass is 35.5. The van der Waals surface area contributed by atoms with Gasteiger partial charge in [0.1, 0.15) is 24.7 Å². The molecule has 2 aromatic carbocycles. The van der Waals surface area contributed by atoms with E-state index in [2.05, 4.69) is 5.16 Å². The quantitative estimate of drug-likeness (QED) is 0.381. The van der Waals surface area contributed by atoms with Gasteiger partial charge >= 0.3 is 0 Å². The fourth-order valence-electron chi connectivity index (χ4n) is 1.84. The second-order valence-corrected chi connectivity index (χ2v) is 4.83. The van der Waals surface area contributed by atoms with Gasteiger partial charge in [-0.15, -0.1) is 0 Å². The molecule has 0 unspecified atom stereocenters. The Labute approximate surface area is 128 Å². The molecule has 0 radical (unpaired) electrons. The van der Waals surface area contributed by atoms with Crippen LogP contribution >= 0.6 is 11.6 Å². The van der Waals surface area contributed by atoms with Crippen molar-refractivity contribution in [1.29, 1.82) is 0 Å². The van der Waals surface area contributed by atoms with Crippen LogP contribution in [0.4, 0.5) is 0 Å². The fourth-order valence-corrected chi connectivity index (χ4v) is 2.02. The number of hydrogen-bond donors (Lipinski definition) is 1. The molecule has 0 spiro atoms. The van der Waals surface area contributed by atoms with Gasteiger partial charge in [0.25, 0.3) is 0 Å². The minimum Gasteiger partial charge on any atom is -0.490 e. The zero-order valence-electron chi connectivity index (χ0n) is 11.6. The molecule has 4 nitrogen and oxygen atoms in total. The number of benzene rings is 2. The van der Waals surface area contributed by atoms with E-state index < -0.39 is 0 Å². The minimum atomic E-state index is 0.377. The van der Waals surface area contributed by atoms with Crippen LogP contribution in [0, 0.1) is 6.92 Å².